The number of amides is 2. The van der Waals surface area contributed by atoms with Crippen LogP contribution >= 0.6 is 11.8 Å². The molecule has 1 heterocycles. The minimum absolute atomic E-state index is 0.0701. The largest absolute Gasteiger partial charge is 0.383 e. The fourth-order valence-electron chi connectivity index (χ4n) is 2.39. The second kappa shape index (κ2) is 9.20. The molecule has 0 unspecified atom stereocenters. The zero-order valence-corrected chi connectivity index (χ0v) is 14.5. The molecule has 2 amide bonds. The Morgan fingerprint density at radius 2 is 2.20 bits per heavy atom. The predicted octanol–water partition coefficient (Wildman–Crippen LogP) is 1.66. The molecular formula is C17H18FN3O3S. The molecule has 8 heteroatoms. The number of thioether (sulfide) groups is 1. The van der Waals surface area contributed by atoms with Crippen molar-refractivity contribution < 1.29 is 18.7 Å². The van der Waals surface area contributed by atoms with E-state index in [0.717, 1.165) is 11.8 Å². The Morgan fingerprint density at radius 3 is 2.84 bits per heavy atom. The maximum atomic E-state index is 13.1. The van der Waals surface area contributed by atoms with E-state index in [1.165, 1.54) is 19.2 Å². The lowest BCUT2D eigenvalue weighted by Gasteiger charge is -2.25. The molecule has 0 radical (unpaired) electrons. The maximum absolute atomic E-state index is 13.1. The molecule has 0 saturated carbocycles. The van der Waals surface area contributed by atoms with Crippen LogP contribution in [0.5, 0.6) is 0 Å². The van der Waals surface area contributed by atoms with Crippen molar-refractivity contribution in [3.05, 3.63) is 46.2 Å². The Kier molecular flexibility index (Phi) is 6.98. The molecule has 1 atom stereocenters. The van der Waals surface area contributed by atoms with Crippen LogP contribution in [0.1, 0.15) is 17.9 Å². The van der Waals surface area contributed by atoms with Gasteiger partial charge in [-0.25, -0.2) is 4.39 Å². The molecule has 2 rings (SSSR count). The summed E-state index contributed by atoms with van der Waals surface area (Å²) in [6.45, 7) is 0.802. The molecular weight excluding hydrogens is 345 g/mol. The lowest BCUT2D eigenvalue weighted by atomic mass is 9.87. The summed E-state index contributed by atoms with van der Waals surface area (Å²) in [6, 6.07) is 7.84. The summed E-state index contributed by atoms with van der Waals surface area (Å²) < 4.78 is 18.0. The number of nitrogens with zero attached hydrogens (tertiary/aromatic N) is 1. The zero-order chi connectivity index (χ0) is 18.2. The molecule has 6 nitrogen and oxygen atoms in total. The fraction of sp³-hybridized carbons (Fsp3) is 0.353. The Bertz CT molecular complexity index is 713. The van der Waals surface area contributed by atoms with Crippen LogP contribution in [-0.4, -0.2) is 37.8 Å². The Morgan fingerprint density at radius 1 is 1.48 bits per heavy atom. The first-order valence-electron chi connectivity index (χ1n) is 7.63. The van der Waals surface area contributed by atoms with Crippen LogP contribution in [0.4, 0.5) is 4.39 Å². The minimum Gasteiger partial charge on any atom is -0.383 e. The molecule has 0 aliphatic carbocycles. The van der Waals surface area contributed by atoms with Crippen LogP contribution in [0.15, 0.2) is 34.9 Å². The summed E-state index contributed by atoms with van der Waals surface area (Å²) in [7, 11) is 1.54. The third-order valence-corrected chi connectivity index (χ3v) is 4.62. The van der Waals surface area contributed by atoms with Gasteiger partial charge in [-0.05, 0) is 17.7 Å². The number of nitriles is 1. The maximum Gasteiger partial charge on any atom is 0.230 e. The number of halogens is 1. The number of ether oxygens (including phenoxy) is 1. The van der Waals surface area contributed by atoms with E-state index in [2.05, 4.69) is 16.7 Å². The summed E-state index contributed by atoms with van der Waals surface area (Å²) >= 11 is 1.10. The van der Waals surface area contributed by atoms with Crippen LogP contribution < -0.4 is 10.6 Å². The number of carbonyl (C=O) groups excluding carboxylic acids is 2. The molecule has 1 aliphatic heterocycles. The monoisotopic (exact) mass is 363 g/mol. The summed E-state index contributed by atoms with van der Waals surface area (Å²) in [5.41, 5.74) is 1.07. The van der Waals surface area contributed by atoms with Crippen molar-refractivity contribution in [1.29, 1.82) is 5.26 Å². The van der Waals surface area contributed by atoms with Gasteiger partial charge in [-0.15, -0.1) is 0 Å². The quantitative estimate of drug-likeness (QED) is 0.719. The van der Waals surface area contributed by atoms with Crippen molar-refractivity contribution in [2.45, 2.75) is 12.3 Å². The number of hydrogen-bond acceptors (Lipinski definition) is 5. The van der Waals surface area contributed by atoms with Gasteiger partial charge in [-0.1, -0.05) is 23.9 Å². The average molecular weight is 363 g/mol. The first kappa shape index (κ1) is 19.0. The van der Waals surface area contributed by atoms with E-state index >= 15 is 0 Å². The van der Waals surface area contributed by atoms with E-state index in [-0.39, 0.29) is 29.8 Å². The smallest absolute Gasteiger partial charge is 0.230 e. The molecule has 2 N–H and O–H groups in total. The third-order valence-electron chi connectivity index (χ3n) is 3.60. The minimum atomic E-state index is -0.446. The van der Waals surface area contributed by atoms with E-state index in [1.807, 2.05) is 0 Å². The van der Waals surface area contributed by atoms with Crippen molar-refractivity contribution in [3.63, 3.8) is 0 Å². The predicted molar refractivity (Wildman–Crippen MR) is 91.9 cm³/mol. The van der Waals surface area contributed by atoms with Gasteiger partial charge >= 0.3 is 0 Å². The summed E-state index contributed by atoms with van der Waals surface area (Å²) in [5, 5.41) is 15.2. The standard InChI is InChI=1S/C17H18FN3O3S/c1-24-7-6-20-16(23)10-25-17-14(9-19)13(8-15(22)21-17)11-2-4-12(18)5-3-11/h2-5,13H,6-8,10H2,1H3,(H,20,23)(H,21,22)/t13-/m0/s1. The average Bonchev–Trinajstić information content (AvgIpc) is 2.60. The highest BCUT2D eigenvalue weighted by molar-refractivity contribution is 8.03. The van der Waals surface area contributed by atoms with Crippen LogP contribution in [0, 0.1) is 17.1 Å². The van der Waals surface area contributed by atoms with Gasteiger partial charge < -0.3 is 15.4 Å². The van der Waals surface area contributed by atoms with E-state index in [4.69, 9.17) is 4.74 Å². The number of benzene rings is 1. The van der Waals surface area contributed by atoms with Crippen molar-refractivity contribution in [2.75, 3.05) is 26.0 Å². The number of hydrogen-bond donors (Lipinski definition) is 2. The number of carbonyl (C=O) groups is 2. The SMILES string of the molecule is COCCNC(=O)CSC1=C(C#N)[C@H](c2ccc(F)cc2)CC(=O)N1. The van der Waals surface area contributed by atoms with Crippen LogP contribution in [-0.2, 0) is 14.3 Å². The third kappa shape index (κ3) is 5.31. The van der Waals surface area contributed by atoms with Crippen molar-refractivity contribution in [1.82, 2.24) is 10.6 Å². The topological polar surface area (TPSA) is 91.2 Å². The van der Waals surface area contributed by atoms with Gasteiger partial charge in [0.15, 0.2) is 0 Å². The van der Waals surface area contributed by atoms with Gasteiger partial charge in [0.2, 0.25) is 11.8 Å². The first-order chi connectivity index (χ1) is 12.0. The molecule has 0 bridgehead atoms. The second-order valence-electron chi connectivity index (χ2n) is 5.34. The molecule has 25 heavy (non-hydrogen) atoms. The fourth-order valence-corrected chi connectivity index (χ4v) is 3.30. The Labute approximate surface area is 149 Å². The van der Waals surface area contributed by atoms with E-state index in [1.54, 1.807) is 12.1 Å². The van der Waals surface area contributed by atoms with E-state index in [0.29, 0.717) is 29.3 Å². The van der Waals surface area contributed by atoms with Gasteiger partial charge in [0.25, 0.3) is 0 Å². The van der Waals surface area contributed by atoms with Crippen molar-refractivity contribution in [3.8, 4) is 6.07 Å². The van der Waals surface area contributed by atoms with Crippen molar-refractivity contribution in [2.24, 2.45) is 0 Å². The molecule has 132 valence electrons. The number of rotatable bonds is 7. The van der Waals surface area contributed by atoms with E-state index < -0.39 is 5.92 Å². The van der Waals surface area contributed by atoms with Crippen molar-refractivity contribution >= 4 is 23.6 Å². The lowest BCUT2D eigenvalue weighted by molar-refractivity contribution is -0.121. The van der Waals surface area contributed by atoms with Crippen LogP contribution in [0.25, 0.3) is 0 Å². The molecule has 1 aromatic carbocycles. The number of allylic oxidation sites excluding steroid dienone is 1. The highest BCUT2D eigenvalue weighted by atomic mass is 32.2. The van der Waals surface area contributed by atoms with Gasteiger partial charge in [0.1, 0.15) is 5.82 Å². The lowest BCUT2D eigenvalue weighted by Crippen LogP contribution is -2.33. The Hall–Kier alpha value is -2.37. The highest BCUT2D eigenvalue weighted by Crippen LogP contribution is 2.35. The highest BCUT2D eigenvalue weighted by Gasteiger charge is 2.29. The Balaban J connectivity index is 2.13. The molecule has 0 saturated heterocycles. The second-order valence-corrected chi connectivity index (χ2v) is 6.33. The van der Waals surface area contributed by atoms with E-state index in [9.17, 15) is 19.2 Å². The molecule has 0 fully saturated rings. The van der Waals surface area contributed by atoms with Gasteiger partial charge in [-0.2, -0.15) is 5.26 Å². The molecule has 1 aliphatic rings. The summed E-state index contributed by atoms with van der Waals surface area (Å²) in [6.07, 6.45) is 0.110. The summed E-state index contributed by atoms with van der Waals surface area (Å²) in [4.78, 5) is 23.8. The number of methoxy groups -OCH3 is 1. The normalized spacial score (nSPS) is 17.0. The number of nitrogens with one attached hydrogen (secondary N) is 2. The summed E-state index contributed by atoms with van der Waals surface area (Å²) in [5.74, 6) is -1.21. The van der Waals surface area contributed by atoms with Crippen LogP contribution in [0.3, 0.4) is 0 Å². The first-order valence-corrected chi connectivity index (χ1v) is 8.61. The van der Waals surface area contributed by atoms with Gasteiger partial charge in [0, 0.05) is 26.0 Å². The zero-order valence-electron chi connectivity index (χ0n) is 13.7. The van der Waals surface area contributed by atoms with Crippen LogP contribution in [0.2, 0.25) is 0 Å². The molecule has 0 aromatic heterocycles. The van der Waals surface area contributed by atoms with Gasteiger partial charge in [0.05, 0.1) is 29.0 Å². The molecule has 0 spiro atoms. The van der Waals surface area contributed by atoms with Gasteiger partial charge in [-0.3, -0.25) is 9.59 Å². The molecule has 1 aromatic rings.